The van der Waals surface area contributed by atoms with Crippen molar-refractivity contribution in [2.75, 3.05) is 25.6 Å². The van der Waals surface area contributed by atoms with E-state index >= 15 is 0 Å². The molecule has 0 aliphatic rings. The lowest BCUT2D eigenvalue weighted by atomic mass is 10.3. The molecule has 0 bridgehead atoms. The molecule has 0 heterocycles. The van der Waals surface area contributed by atoms with Crippen LogP contribution in [-0.4, -0.2) is 25.4 Å². The highest BCUT2D eigenvalue weighted by Gasteiger charge is 2.06. The highest BCUT2D eigenvalue weighted by Crippen LogP contribution is 2.33. The monoisotopic (exact) mass is 235 g/mol. The summed E-state index contributed by atoms with van der Waals surface area (Å²) in [6, 6.07) is 3.29. The zero-order valence-corrected chi connectivity index (χ0v) is 9.19. The summed E-state index contributed by atoms with van der Waals surface area (Å²) in [7, 11) is 1.53. The quantitative estimate of drug-likeness (QED) is 0.843. The first-order chi connectivity index (χ1) is 6.69. The Bertz CT molecular complexity index is 318. The largest absolute Gasteiger partial charge is 0.495 e. The van der Waals surface area contributed by atoms with Crippen molar-refractivity contribution in [1.82, 2.24) is 0 Å². The number of anilines is 1. The average Bonchev–Trinajstić information content (AvgIpc) is 2.18. The molecule has 0 aromatic heterocycles. The molecule has 1 rings (SSSR count). The molecular formula is C9H11Cl2NO2. The highest BCUT2D eigenvalue weighted by atomic mass is 35.5. The minimum Gasteiger partial charge on any atom is -0.495 e. The average molecular weight is 236 g/mol. The summed E-state index contributed by atoms with van der Waals surface area (Å²) < 4.78 is 4.99. The van der Waals surface area contributed by atoms with Crippen LogP contribution in [0.15, 0.2) is 12.1 Å². The van der Waals surface area contributed by atoms with Crippen molar-refractivity contribution in [2.45, 2.75) is 0 Å². The van der Waals surface area contributed by atoms with Gasteiger partial charge in [0.25, 0.3) is 0 Å². The van der Waals surface area contributed by atoms with Gasteiger partial charge in [-0.1, -0.05) is 23.2 Å². The molecule has 14 heavy (non-hydrogen) atoms. The molecule has 0 saturated carbocycles. The molecule has 0 saturated heterocycles. The molecular weight excluding hydrogens is 225 g/mol. The number of rotatable bonds is 4. The van der Waals surface area contributed by atoms with Crippen LogP contribution >= 0.6 is 23.2 Å². The normalized spacial score (nSPS) is 10.0. The predicted octanol–water partition coefficient (Wildman–Crippen LogP) is 2.41. The second kappa shape index (κ2) is 5.29. The van der Waals surface area contributed by atoms with E-state index in [0.717, 1.165) is 0 Å². The number of halogens is 2. The second-order valence-electron chi connectivity index (χ2n) is 2.62. The molecule has 0 atom stereocenters. The maximum absolute atomic E-state index is 8.63. The smallest absolute Gasteiger partial charge is 0.139 e. The van der Waals surface area contributed by atoms with E-state index in [9.17, 15) is 0 Å². The van der Waals surface area contributed by atoms with Crippen LogP contribution in [0.4, 0.5) is 5.69 Å². The van der Waals surface area contributed by atoms with E-state index in [1.165, 1.54) is 7.11 Å². The van der Waals surface area contributed by atoms with Gasteiger partial charge >= 0.3 is 0 Å². The van der Waals surface area contributed by atoms with Gasteiger partial charge in [0.15, 0.2) is 0 Å². The Balaban J connectivity index is 2.90. The van der Waals surface area contributed by atoms with Crippen LogP contribution in [0.5, 0.6) is 5.75 Å². The topological polar surface area (TPSA) is 41.5 Å². The van der Waals surface area contributed by atoms with Crippen LogP contribution in [0.3, 0.4) is 0 Å². The van der Waals surface area contributed by atoms with Crippen molar-refractivity contribution in [2.24, 2.45) is 0 Å². The number of benzene rings is 1. The zero-order valence-electron chi connectivity index (χ0n) is 7.68. The third-order valence-corrected chi connectivity index (χ3v) is 2.28. The Kier molecular flexibility index (Phi) is 4.32. The Morgan fingerprint density at radius 2 is 2.07 bits per heavy atom. The van der Waals surface area contributed by atoms with Gasteiger partial charge in [-0.3, -0.25) is 0 Å². The van der Waals surface area contributed by atoms with Crippen LogP contribution in [0.25, 0.3) is 0 Å². The maximum atomic E-state index is 8.63. The van der Waals surface area contributed by atoms with Crippen molar-refractivity contribution < 1.29 is 9.84 Å². The standard InChI is InChI=1S/C9H11Cl2NO2/c1-14-9-5-6(10)8(4-7(9)11)12-2-3-13/h4-5,12-13H,2-3H2,1H3. The summed E-state index contributed by atoms with van der Waals surface area (Å²) in [4.78, 5) is 0. The zero-order chi connectivity index (χ0) is 10.6. The lowest BCUT2D eigenvalue weighted by Crippen LogP contribution is -2.05. The molecule has 0 fully saturated rings. The van der Waals surface area contributed by atoms with Gasteiger partial charge in [-0.2, -0.15) is 0 Å². The molecule has 0 unspecified atom stereocenters. The summed E-state index contributed by atoms with van der Waals surface area (Å²) in [5.41, 5.74) is 0.687. The number of hydrogen-bond acceptors (Lipinski definition) is 3. The van der Waals surface area contributed by atoms with E-state index in [2.05, 4.69) is 5.32 Å². The maximum Gasteiger partial charge on any atom is 0.139 e. The summed E-state index contributed by atoms with van der Waals surface area (Å²) >= 11 is 11.8. The molecule has 3 nitrogen and oxygen atoms in total. The van der Waals surface area contributed by atoms with Crippen molar-refractivity contribution in [3.05, 3.63) is 22.2 Å². The summed E-state index contributed by atoms with van der Waals surface area (Å²) in [5.74, 6) is 0.534. The van der Waals surface area contributed by atoms with E-state index in [-0.39, 0.29) is 6.61 Å². The van der Waals surface area contributed by atoms with Gasteiger partial charge in [-0.25, -0.2) is 0 Å². The number of nitrogens with one attached hydrogen (secondary N) is 1. The van der Waals surface area contributed by atoms with Crippen LogP contribution in [0, 0.1) is 0 Å². The third kappa shape index (κ3) is 2.67. The van der Waals surface area contributed by atoms with Gasteiger partial charge in [0, 0.05) is 12.6 Å². The molecule has 0 spiro atoms. The number of ether oxygens (including phenoxy) is 1. The Morgan fingerprint density at radius 1 is 1.36 bits per heavy atom. The summed E-state index contributed by atoms with van der Waals surface area (Å²) in [6.45, 7) is 0.475. The molecule has 1 aromatic rings. The molecule has 5 heteroatoms. The van der Waals surface area contributed by atoms with E-state index in [4.69, 9.17) is 33.0 Å². The Labute approximate surface area is 92.6 Å². The predicted molar refractivity (Wildman–Crippen MR) is 58.6 cm³/mol. The Morgan fingerprint density at radius 3 is 2.64 bits per heavy atom. The van der Waals surface area contributed by atoms with Crippen LogP contribution in [-0.2, 0) is 0 Å². The lowest BCUT2D eigenvalue weighted by Gasteiger charge is -2.10. The van der Waals surface area contributed by atoms with Gasteiger partial charge in [-0.05, 0) is 6.07 Å². The minimum absolute atomic E-state index is 0.0416. The van der Waals surface area contributed by atoms with Crippen LogP contribution in [0.1, 0.15) is 0 Å². The number of hydrogen-bond donors (Lipinski definition) is 2. The molecule has 2 N–H and O–H groups in total. The van der Waals surface area contributed by atoms with Crippen molar-refractivity contribution in [1.29, 1.82) is 0 Å². The third-order valence-electron chi connectivity index (χ3n) is 1.67. The first kappa shape index (κ1) is 11.4. The number of aliphatic hydroxyl groups is 1. The van der Waals surface area contributed by atoms with Gasteiger partial charge in [-0.15, -0.1) is 0 Å². The van der Waals surface area contributed by atoms with Crippen molar-refractivity contribution >= 4 is 28.9 Å². The van der Waals surface area contributed by atoms with Gasteiger partial charge in [0.2, 0.25) is 0 Å². The van der Waals surface area contributed by atoms with E-state index in [0.29, 0.717) is 28.0 Å². The highest BCUT2D eigenvalue weighted by molar-refractivity contribution is 6.36. The van der Waals surface area contributed by atoms with Gasteiger partial charge in [0.05, 0.1) is 29.4 Å². The first-order valence-electron chi connectivity index (χ1n) is 4.06. The molecule has 0 aliphatic carbocycles. The summed E-state index contributed by atoms with van der Waals surface area (Å²) in [6.07, 6.45) is 0. The van der Waals surface area contributed by atoms with Crippen molar-refractivity contribution in [3.8, 4) is 5.75 Å². The van der Waals surface area contributed by atoms with E-state index in [1.807, 2.05) is 0 Å². The van der Waals surface area contributed by atoms with E-state index < -0.39 is 0 Å². The number of aliphatic hydroxyl groups excluding tert-OH is 1. The molecule has 0 radical (unpaired) electrons. The molecule has 0 aliphatic heterocycles. The molecule has 0 amide bonds. The summed E-state index contributed by atoms with van der Waals surface area (Å²) in [5, 5.41) is 12.6. The van der Waals surface area contributed by atoms with Crippen LogP contribution in [0.2, 0.25) is 10.0 Å². The molecule has 78 valence electrons. The fourth-order valence-electron chi connectivity index (χ4n) is 1.01. The van der Waals surface area contributed by atoms with Gasteiger partial charge in [0.1, 0.15) is 5.75 Å². The van der Waals surface area contributed by atoms with Crippen molar-refractivity contribution in [3.63, 3.8) is 0 Å². The Hall–Kier alpha value is -0.640. The lowest BCUT2D eigenvalue weighted by molar-refractivity contribution is 0.311. The van der Waals surface area contributed by atoms with E-state index in [1.54, 1.807) is 12.1 Å². The number of methoxy groups -OCH3 is 1. The SMILES string of the molecule is COc1cc(Cl)c(NCCO)cc1Cl. The first-order valence-corrected chi connectivity index (χ1v) is 4.82. The van der Waals surface area contributed by atoms with Gasteiger partial charge < -0.3 is 15.2 Å². The fourth-order valence-corrected chi connectivity index (χ4v) is 1.47. The minimum atomic E-state index is 0.0416. The molecule has 1 aromatic carbocycles. The fraction of sp³-hybridized carbons (Fsp3) is 0.333. The van der Waals surface area contributed by atoms with Crippen LogP contribution < -0.4 is 10.1 Å². The second-order valence-corrected chi connectivity index (χ2v) is 3.43.